The summed E-state index contributed by atoms with van der Waals surface area (Å²) in [6, 6.07) is 13.0. The molecule has 0 aliphatic rings. The highest BCUT2D eigenvalue weighted by Gasteiger charge is 2.15. The van der Waals surface area contributed by atoms with Gasteiger partial charge in [0.1, 0.15) is 11.5 Å². The lowest BCUT2D eigenvalue weighted by molar-refractivity contribution is -0.131. The fourth-order valence-electron chi connectivity index (χ4n) is 2.44. The normalized spacial score (nSPS) is 11.4. The number of ether oxygens (including phenoxy) is 2. The van der Waals surface area contributed by atoms with Crippen molar-refractivity contribution in [2.24, 2.45) is 0 Å². The summed E-state index contributed by atoms with van der Waals surface area (Å²) in [6.07, 6.45) is 2.10. The summed E-state index contributed by atoms with van der Waals surface area (Å²) in [5.74, 6) is 0.426. The zero-order valence-corrected chi connectivity index (χ0v) is 18.7. The predicted octanol–water partition coefficient (Wildman–Crippen LogP) is 5.20. The van der Waals surface area contributed by atoms with Crippen LogP contribution < -0.4 is 9.47 Å². The SMILES string of the molecule is CCc1nnc(S/C(=C\c2ccc(OCc3ccc(Br)cc3)c(OC)c2)C(=O)O)o1. The van der Waals surface area contributed by atoms with Crippen LogP contribution in [0.3, 0.4) is 0 Å². The standard InChI is InChI=1S/C21H19BrN2O5S/c1-3-19-23-24-21(29-19)30-18(20(25)26)11-14-6-9-16(17(10-14)27-2)28-12-13-4-7-15(22)8-5-13/h4-11H,3,12H2,1-2H3,(H,25,26)/b18-11-. The number of halogens is 1. The van der Waals surface area contributed by atoms with Crippen LogP contribution in [-0.2, 0) is 17.8 Å². The monoisotopic (exact) mass is 490 g/mol. The van der Waals surface area contributed by atoms with Crippen molar-refractivity contribution < 1.29 is 23.8 Å². The van der Waals surface area contributed by atoms with E-state index in [0.717, 1.165) is 21.8 Å². The van der Waals surface area contributed by atoms with Gasteiger partial charge in [0.15, 0.2) is 11.5 Å². The maximum absolute atomic E-state index is 11.7. The Bertz CT molecular complexity index is 1050. The minimum absolute atomic E-state index is 0.0480. The number of aryl methyl sites for hydroxylation is 1. The second-order valence-corrected chi connectivity index (χ2v) is 7.97. The van der Waals surface area contributed by atoms with E-state index in [9.17, 15) is 9.90 Å². The first-order valence-corrected chi connectivity index (χ1v) is 10.6. The summed E-state index contributed by atoms with van der Waals surface area (Å²) in [7, 11) is 1.53. The number of aliphatic carboxylic acids is 1. The van der Waals surface area contributed by atoms with Crippen molar-refractivity contribution in [3.63, 3.8) is 0 Å². The van der Waals surface area contributed by atoms with E-state index in [2.05, 4.69) is 26.1 Å². The van der Waals surface area contributed by atoms with Crippen LogP contribution in [0.1, 0.15) is 23.9 Å². The highest BCUT2D eigenvalue weighted by Crippen LogP contribution is 2.32. The maximum Gasteiger partial charge on any atom is 0.342 e. The first-order chi connectivity index (χ1) is 14.5. The Morgan fingerprint density at radius 2 is 1.97 bits per heavy atom. The van der Waals surface area contributed by atoms with Crippen LogP contribution in [0.4, 0.5) is 0 Å². The summed E-state index contributed by atoms with van der Waals surface area (Å²) in [6.45, 7) is 2.26. The number of rotatable bonds is 9. The maximum atomic E-state index is 11.7. The molecular weight excluding hydrogens is 472 g/mol. The molecule has 0 aliphatic carbocycles. The third-order valence-corrected chi connectivity index (χ3v) is 5.33. The number of hydrogen-bond acceptors (Lipinski definition) is 7. The van der Waals surface area contributed by atoms with Crippen molar-refractivity contribution in [3.8, 4) is 11.5 Å². The van der Waals surface area contributed by atoms with Gasteiger partial charge in [-0.2, -0.15) is 0 Å². The van der Waals surface area contributed by atoms with Gasteiger partial charge in [-0.05, 0) is 53.2 Å². The second kappa shape index (κ2) is 10.3. The second-order valence-electron chi connectivity index (χ2n) is 6.06. The lowest BCUT2D eigenvalue weighted by atomic mass is 10.2. The van der Waals surface area contributed by atoms with Gasteiger partial charge in [0.05, 0.1) is 7.11 Å². The van der Waals surface area contributed by atoms with Gasteiger partial charge in [0.2, 0.25) is 5.89 Å². The molecule has 7 nitrogen and oxygen atoms in total. The number of hydrogen-bond donors (Lipinski definition) is 1. The fraction of sp³-hybridized carbons (Fsp3) is 0.190. The highest BCUT2D eigenvalue weighted by molar-refractivity contribution is 9.10. The molecule has 0 amide bonds. The molecule has 3 aromatic rings. The molecule has 0 aliphatic heterocycles. The summed E-state index contributed by atoms with van der Waals surface area (Å²) in [5.41, 5.74) is 1.66. The number of nitrogens with zero attached hydrogens (tertiary/aromatic N) is 2. The molecular formula is C21H19BrN2O5S. The average Bonchev–Trinajstić information content (AvgIpc) is 3.21. The van der Waals surface area contributed by atoms with Gasteiger partial charge >= 0.3 is 5.97 Å². The summed E-state index contributed by atoms with van der Waals surface area (Å²) in [4.78, 5) is 11.7. The Morgan fingerprint density at radius 3 is 2.60 bits per heavy atom. The number of benzene rings is 2. The molecule has 0 radical (unpaired) electrons. The largest absolute Gasteiger partial charge is 0.493 e. The topological polar surface area (TPSA) is 94.7 Å². The molecule has 9 heteroatoms. The van der Waals surface area contributed by atoms with Crippen LogP contribution in [0.2, 0.25) is 0 Å². The van der Waals surface area contributed by atoms with E-state index in [1.807, 2.05) is 31.2 Å². The Labute approximate surface area is 186 Å². The quantitative estimate of drug-likeness (QED) is 0.323. The summed E-state index contributed by atoms with van der Waals surface area (Å²) in [5, 5.41) is 17.4. The van der Waals surface area contributed by atoms with Crippen molar-refractivity contribution >= 4 is 39.7 Å². The molecule has 2 aromatic carbocycles. The fourth-order valence-corrected chi connectivity index (χ4v) is 3.39. The van der Waals surface area contributed by atoms with E-state index < -0.39 is 5.97 Å². The lowest BCUT2D eigenvalue weighted by Gasteiger charge is -2.12. The van der Waals surface area contributed by atoms with Crippen LogP contribution in [0.15, 0.2) is 61.5 Å². The number of aromatic nitrogens is 2. The van der Waals surface area contributed by atoms with E-state index in [-0.39, 0.29) is 10.1 Å². The van der Waals surface area contributed by atoms with Gasteiger partial charge < -0.3 is 19.0 Å². The summed E-state index contributed by atoms with van der Waals surface area (Å²) < 4.78 is 17.7. The number of carboxylic acids is 1. The van der Waals surface area contributed by atoms with E-state index in [1.54, 1.807) is 18.2 Å². The number of methoxy groups -OCH3 is 1. The molecule has 0 spiro atoms. The van der Waals surface area contributed by atoms with Gasteiger partial charge in [-0.25, -0.2) is 4.79 Å². The molecule has 0 saturated heterocycles. The van der Waals surface area contributed by atoms with E-state index in [4.69, 9.17) is 13.9 Å². The van der Waals surface area contributed by atoms with Crippen molar-refractivity contribution in [1.82, 2.24) is 10.2 Å². The van der Waals surface area contributed by atoms with Gasteiger partial charge in [-0.15, -0.1) is 10.2 Å². The van der Waals surface area contributed by atoms with E-state index in [1.165, 1.54) is 13.2 Å². The molecule has 1 N–H and O–H groups in total. The van der Waals surface area contributed by atoms with Gasteiger partial charge in [0, 0.05) is 10.9 Å². The Kier molecular flexibility index (Phi) is 7.53. The van der Waals surface area contributed by atoms with Crippen LogP contribution in [0, 0.1) is 0 Å². The van der Waals surface area contributed by atoms with Crippen molar-refractivity contribution in [1.29, 1.82) is 0 Å². The van der Waals surface area contributed by atoms with Crippen LogP contribution >= 0.6 is 27.7 Å². The Morgan fingerprint density at radius 1 is 1.20 bits per heavy atom. The van der Waals surface area contributed by atoms with Gasteiger partial charge in [0.25, 0.3) is 5.22 Å². The van der Waals surface area contributed by atoms with E-state index in [0.29, 0.717) is 36.0 Å². The first kappa shape index (κ1) is 21.9. The Balaban J connectivity index is 1.77. The molecule has 1 heterocycles. The molecule has 0 unspecified atom stereocenters. The number of carboxylic acid groups (broad SMARTS) is 1. The molecule has 0 atom stereocenters. The highest BCUT2D eigenvalue weighted by atomic mass is 79.9. The van der Waals surface area contributed by atoms with Crippen molar-refractivity contribution in [2.75, 3.05) is 7.11 Å². The predicted molar refractivity (Wildman–Crippen MR) is 117 cm³/mol. The molecule has 0 bridgehead atoms. The zero-order valence-electron chi connectivity index (χ0n) is 16.3. The van der Waals surface area contributed by atoms with Crippen molar-refractivity contribution in [2.45, 2.75) is 25.2 Å². The number of carbonyl (C=O) groups is 1. The third-order valence-electron chi connectivity index (χ3n) is 3.95. The zero-order chi connectivity index (χ0) is 21.5. The molecule has 30 heavy (non-hydrogen) atoms. The number of thioether (sulfide) groups is 1. The lowest BCUT2D eigenvalue weighted by Crippen LogP contribution is -1.99. The van der Waals surface area contributed by atoms with Crippen LogP contribution in [-0.4, -0.2) is 28.4 Å². The minimum atomic E-state index is -1.09. The molecule has 156 valence electrons. The average molecular weight is 491 g/mol. The smallest absolute Gasteiger partial charge is 0.342 e. The summed E-state index contributed by atoms with van der Waals surface area (Å²) >= 11 is 4.30. The molecule has 3 rings (SSSR count). The van der Waals surface area contributed by atoms with Crippen molar-refractivity contribution in [3.05, 3.63) is 68.9 Å². The van der Waals surface area contributed by atoms with Gasteiger partial charge in [-0.3, -0.25) is 0 Å². The third kappa shape index (κ3) is 5.87. The van der Waals surface area contributed by atoms with E-state index >= 15 is 0 Å². The Hall–Kier alpha value is -2.78. The van der Waals surface area contributed by atoms with Crippen LogP contribution in [0.5, 0.6) is 11.5 Å². The molecule has 0 saturated carbocycles. The molecule has 1 aromatic heterocycles. The molecule has 0 fully saturated rings. The van der Waals surface area contributed by atoms with Gasteiger partial charge in [-0.1, -0.05) is 41.1 Å². The first-order valence-electron chi connectivity index (χ1n) is 8.99. The minimum Gasteiger partial charge on any atom is -0.493 e. The van der Waals surface area contributed by atoms with Crippen LogP contribution in [0.25, 0.3) is 6.08 Å².